The summed E-state index contributed by atoms with van der Waals surface area (Å²) in [6.45, 7) is 17.1. The lowest BCUT2D eigenvalue weighted by Gasteiger charge is -2.34. The van der Waals surface area contributed by atoms with E-state index in [9.17, 15) is 9.59 Å². The Kier molecular flexibility index (Phi) is 18.5. The van der Waals surface area contributed by atoms with Gasteiger partial charge in [0.1, 0.15) is 24.4 Å². The number of fused-ring (bicyclic) bond motifs is 4. The molecule has 0 unspecified atom stereocenters. The molecule has 0 aliphatic carbocycles. The first-order valence-corrected chi connectivity index (χ1v) is 29.3. The van der Waals surface area contributed by atoms with Crippen LogP contribution in [0.4, 0.5) is 11.4 Å². The van der Waals surface area contributed by atoms with Crippen molar-refractivity contribution < 1.29 is 28.4 Å². The number of H-pyrrole nitrogens is 2. The minimum absolute atomic E-state index is 0.0436. The van der Waals surface area contributed by atoms with E-state index in [4.69, 9.17) is 24.2 Å². The summed E-state index contributed by atoms with van der Waals surface area (Å²) in [4.78, 5) is 49.1. The second kappa shape index (κ2) is 26.4. The molecule has 3 aliphatic heterocycles. The van der Waals surface area contributed by atoms with Gasteiger partial charge in [-0.15, -0.1) is 0 Å². The summed E-state index contributed by atoms with van der Waals surface area (Å²) in [6, 6.07) is 37.9. The van der Waals surface area contributed by atoms with Gasteiger partial charge in [-0.3, -0.25) is 9.59 Å². The highest BCUT2D eigenvalue weighted by Crippen LogP contribution is 2.47. The Morgan fingerprint density at radius 3 is 2.02 bits per heavy atom. The number of hydrogen-bond donors (Lipinski definition) is 4. The summed E-state index contributed by atoms with van der Waals surface area (Å²) in [6.07, 6.45) is 15.1. The van der Waals surface area contributed by atoms with Crippen LogP contribution in [0.5, 0.6) is 5.75 Å². The number of ether oxygens (including phenoxy) is 3. The molecule has 0 saturated carbocycles. The van der Waals surface area contributed by atoms with Gasteiger partial charge in [0.15, 0.2) is 5.54 Å². The number of nitrogens with zero attached hydrogens (tertiary/aromatic N) is 6. The number of unbranched alkanes of at least 4 members (excludes halogenated alkanes) is 2. The maximum atomic E-state index is 12.6. The number of aromatic amines is 2. The average molecular weight is 1110 g/mol. The predicted octanol–water partition coefficient (Wildman–Crippen LogP) is 10.7. The van der Waals surface area contributed by atoms with E-state index in [1.165, 1.54) is 39.5 Å². The molecule has 5 aromatic carbocycles. The monoisotopic (exact) mass is 1110 g/mol. The molecule has 2 aromatic heterocycles. The topological polar surface area (TPSA) is 156 Å². The highest BCUT2D eigenvalue weighted by Gasteiger charge is 2.42. The van der Waals surface area contributed by atoms with Crippen molar-refractivity contribution in [2.75, 3.05) is 103 Å². The van der Waals surface area contributed by atoms with Gasteiger partial charge in [-0.05, 0) is 111 Å². The third-order valence-corrected chi connectivity index (χ3v) is 16.4. The quantitative estimate of drug-likeness (QED) is 0.0234. The van der Waals surface area contributed by atoms with Crippen LogP contribution in [0.25, 0.3) is 44.8 Å². The molecule has 428 valence electrons. The standard InChI is InChI=1S/C67H80N10O5/c1-66(2)54-20-14-15-22-60(54)77(61(66)23-10-7-9-21-59-52-18-12-13-19-53(52)67(3,4)75(59)6)36-16-8-11-24-62(78)68-34-42-80-44-45-81-43-35-69-63(79)25-17-41-82-51-30-26-48(27-31-51)64-70-55-32-28-49(46-57(55)72-64)65-71-56-33-29-50(47-58(56)73-65)76-39-37-74(5)38-40-76/h7,9-10,12-15,18-23,26-33,46-47H,8,11,16-17,24-25,34-45H2,1-6H3,(H3-,68,69,70,71,72,73,78,79)/p+1. The van der Waals surface area contributed by atoms with Crippen LogP contribution in [-0.4, -0.2) is 140 Å². The fraction of sp³-hybridized carbons (Fsp3) is 0.388. The number of carbonyl (C=O) groups is 2. The summed E-state index contributed by atoms with van der Waals surface area (Å²) in [5.41, 5.74) is 14.5. The molecular formula is C67H81N10O5+. The van der Waals surface area contributed by atoms with Gasteiger partial charge < -0.3 is 49.5 Å². The summed E-state index contributed by atoms with van der Waals surface area (Å²) in [5.74, 6) is 2.33. The van der Waals surface area contributed by atoms with E-state index in [-0.39, 0.29) is 22.8 Å². The summed E-state index contributed by atoms with van der Waals surface area (Å²) >= 11 is 0. The van der Waals surface area contributed by atoms with Crippen LogP contribution in [0.15, 0.2) is 145 Å². The number of aromatic nitrogens is 4. The first-order chi connectivity index (χ1) is 39.8. The number of anilines is 2. The zero-order chi connectivity index (χ0) is 57.1. The molecule has 2 amide bonds. The number of amides is 2. The SMILES string of the molecule is CN1CCN(c2ccc3nc(-c4ccc5nc(-c6ccc(OCCCC(=O)NCCOCCOCCNC(=O)CCCCCN7/C(=C/C=C/C=C/C8=[N+](C)C(C)(C)c9ccccc98)C(C)(C)c8ccccc87)cc6)[nH]c5c4)[nH]c3c2)CC1. The molecule has 0 radical (unpaired) electrons. The number of hydrogen-bond acceptors (Lipinski definition) is 10. The molecular weight excluding hydrogens is 1020 g/mol. The van der Waals surface area contributed by atoms with Gasteiger partial charge >= 0.3 is 0 Å². The van der Waals surface area contributed by atoms with Crippen LogP contribution in [0.3, 0.4) is 0 Å². The van der Waals surface area contributed by atoms with Gasteiger partial charge in [0, 0.05) is 118 Å². The van der Waals surface area contributed by atoms with Gasteiger partial charge in [0.25, 0.3) is 0 Å². The van der Waals surface area contributed by atoms with Crippen molar-refractivity contribution in [3.63, 3.8) is 0 Å². The third kappa shape index (κ3) is 13.6. The normalized spacial score (nSPS) is 16.3. The molecule has 15 heteroatoms. The Morgan fingerprint density at radius 2 is 1.29 bits per heavy atom. The van der Waals surface area contributed by atoms with Gasteiger partial charge in [-0.1, -0.05) is 74.9 Å². The van der Waals surface area contributed by atoms with E-state index in [0.29, 0.717) is 65.4 Å². The Labute approximate surface area is 483 Å². The molecule has 1 fully saturated rings. The van der Waals surface area contributed by atoms with Crippen molar-refractivity contribution in [3.8, 4) is 28.5 Å². The Hall–Kier alpha value is -7.85. The zero-order valence-corrected chi connectivity index (χ0v) is 48.7. The smallest absolute Gasteiger partial charge is 0.220 e. The van der Waals surface area contributed by atoms with Crippen molar-refractivity contribution in [1.29, 1.82) is 0 Å². The highest BCUT2D eigenvalue weighted by atomic mass is 16.5. The Morgan fingerprint density at radius 1 is 0.659 bits per heavy atom. The minimum Gasteiger partial charge on any atom is -0.494 e. The first kappa shape index (κ1) is 57.4. The van der Waals surface area contributed by atoms with Crippen molar-refractivity contribution in [2.45, 2.75) is 77.2 Å². The largest absolute Gasteiger partial charge is 0.494 e. The second-order valence-electron chi connectivity index (χ2n) is 22.7. The highest BCUT2D eigenvalue weighted by molar-refractivity contribution is 6.08. The predicted molar refractivity (Wildman–Crippen MR) is 330 cm³/mol. The number of piperazine rings is 1. The molecule has 10 rings (SSSR count). The fourth-order valence-corrected chi connectivity index (χ4v) is 11.4. The summed E-state index contributed by atoms with van der Waals surface area (Å²) in [7, 11) is 4.34. The first-order valence-electron chi connectivity index (χ1n) is 29.3. The number of allylic oxidation sites excluding steroid dienone is 6. The molecule has 7 aromatic rings. The molecule has 5 heterocycles. The van der Waals surface area contributed by atoms with Crippen molar-refractivity contribution in [2.24, 2.45) is 0 Å². The molecule has 0 atom stereocenters. The number of rotatable bonds is 26. The lowest BCUT2D eigenvalue weighted by molar-refractivity contribution is -0.578. The number of carbonyl (C=O) groups excluding carboxylic acids is 2. The van der Waals surface area contributed by atoms with Crippen LogP contribution in [0.2, 0.25) is 0 Å². The lowest BCUT2D eigenvalue weighted by Crippen LogP contribution is -2.44. The maximum absolute atomic E-state index is 12.6. The third-order valence-electron chi connectivity index (χ3n) is 16.4. The van der Waals surface area contributed by atoms with Crippen LogP contribution >= 0.6 is 0 Å². The van der Waals surface area contributed by atoms with Crippen LogP contribution in [-0.2, 0) is 30.0 Å². The van der Waals surface area contributed by atoms with Crippen molar-refractivity contribution in [1.82, 2.24) is 35.5 Å². The average Bonchev–Trinajstić information content (AvgIpc) is 4.39. The molecule has 0 bridgehead atoms. The van der Waals surface area contributed by atoms with E-state index < -0.39 is 0 Å². The number of benzene rings is 5. The van der Waals surface area contributed by atoms with E-state index in [2.05, 4.69) is 191 Å². The Bertz CT molecular complexity index is 3470. The van der Waals surface area contributed by atoms with Crippen LogP contribution < -0.4 is 25.2 Å². The van der Waals surface area contributed by atoms with Crippen LogP contribution in [0.1, 0.15) is 82.9 Å². The molecule has 4 N–H and O–H groups in total. The number of likely N-dealkylation sites (N-methyl/N-ethyl adjacent to an activating group) is 1. The van der Waals surface area contributed by atoms with E-state index in [1.54, 1.807) is 0 Å². The lowest BCUT2D eigenvalue weighted by atomic mass is 9.84. The number of nitrogens with one attached hydrogen (secondary N) is 4. The summed E-state index contributed by atoms with van der Waals surface area (Å²) in [5, 5.41) is 5.89. The van der Waals surface area contributed by atoms with Gasteiger partial charge in [-0.25, -0.2) is 14.5 Å². The molecule has 1 saturated heterocycles. The number of para-hydroxylation sites is 1. The maximum Gasteiger partial charge on any atom is 0.220 e. The van der Waals surface area contributed by atoms with Gasteiger partial charge in [0.2, 0.25) is 17.5 Å². The molecule has 15 nitrogen and oxygen atoms in total. The fourth-order valence-electron chi connectivity index (χ4n) is 11.4. The second-order valence-corrected chi connectivity index (χ2v) is 22.7. The molecule has 3 aliphatic rings. The Balaban J connectivity index is 0.553. The zero-order valence-electron chi connectivity index (χ0n) is 48.7. The molecule has 82 heavy (non-hydrogen) atoms. The van der Waals surface area contributed by atoms with E-state index >= 15 is 0 Å². The van der Waals surface area contributed by atoms with Crippen molar-refractivity contribution >= 4 is 51.0 Å². The van der Waals surface area contributed by atoms with E-state index in [0.717, 1.165) is 103 Å². The number of imidazole rings is 2. The molecule has 0 spiro atoms. The minimum atomic E-state index is -0.126. The van der Waals surface area contributed by atoms with Gasteiger partial charge in [0.05, 0.1) is 60.7 Å². The summed E-state index contributed by atoms with van der Waals surface area (Å²) < 4.78 is 19.6. The van der Waals surface area contributed by atoms with E-state index in [1.807, 2.05) is 30.3 Å². The van der Waals surface area contributed by atoms with Crippen molar-refractivity contribution in [3.05, 3.63) is 162 Å². The van der Waals surface area contributed by atoms with Crippen LogP contribution in [0, 0.1) is 0 Å². The van der Waals surface area contributed by atoms with Gasteiger partial charge in [-0.2, -0.15) is 0 Å².